The van der Waals surface area contributed by atoms with Crippen molar-refractivity contribution in [1.29, 1.82) is 0 Å². The third-order valence-corrected chi connectivity index (χ3v) is 3.80. The van der Waals surface area contributed by atoms with Crippen molar-refractivity contribution in [3.63, 3.8) is 0 Å². The normalized spacial score (nSPS) is 10.4. The zero-order valence-electron chi connectivity index (χ0n) is 10.7. The first-order chi connectivity index (χ1) is 9.01. The van der Waals surface area contributed by atoms with Crippen LogP contribution in [0.4, 0.5) is 0 Å². The summed E-state index contributed by atoms with van der Waals surface area (Å²) in [6, 6.07) is 8.82. The minimum Gasteiger partial charge on any atom is -0.508 e. The highest BCUT2D eigenvalue weighted by Crippen LogP contribution is 2.34. The summed E-state index contributed by atoms with van der Waals surface area (Å²) in [5.41, 5.74) is 1.76. The zero-order chi connectivity index (χ0) is 14.0. The number of carbonyl (C=O) groups is 1. The van der Waals surface area contributed by atoms with Crippen LogP contribution in [0.3, 0.4) is 0 Å². The molecule has 0 aliphatic rings. The lowest BCUT2D eigenvalue weighted by molar-refractivity contribution is 0.112. The molecule has 98 valence electrons. The molecule has 2 N–H and O–H groups in total. The van der Waals surface area contributed by atoms with Crippen molar-refractivity contribution in [2.75, 3.05) is 0 Å². The fraction of sp³-hybridized carbons (Fsp3) is 0.133. The van der Waals surface area contributed by atoms with Gasteiger partial charge in [-0.3, -0.25) is 4.79 Å². The molecule has 0 unspecified atom stereocenters. The molecule has 2 aromatic rings. The van der Waals surface area contributed by atoms with E-state index < -0.39 is 0 Å². The first kappa shape index (κ1) is 13.5. The summed E-state index contributed by atoms with van der Waals surface area (Å²) in [7, 11) is 0. The fourth-order valence-corrected chi connectivity index (χ4v) is 2.81. The summed E-state index contributed by atoms with van der Waals surface area (Å²) in [6.45, 7) is 3.59. The van der Waals surface area contributed by atoms with Gasteiger partial charge in [-0.2, -0.15) is 0 Å². The molecule has 4 heteroatoms. The smallest absolute Gasteiger partial charge is 0.153 e. The van der Waals surface area contributed by atoms with Gasteiger partial charge < -0.3 is 10.2 Å². The maximum atomic E-state index is 10.9. The Balaban J connectivity index is 2.35. The molecule has 19 heavy (non-hydrogen) atoms. The summed E-state index contributed by atoms with van der Waals surface area (Å²) in [5.74, 6) is 0.293. The molecule has 0 heterocycles. The predicted molar refractivity (Wildman–Crippen MR) is 75.2 cm³/mol. The third kappa shape index (κ3) is 2.90. The van der Waals surface area contributed by atoms with Crippen LogP contribution in [0, 0.1) is 13.8 Å². The van der Waals surface area contributed by atoms with Gasteiger partial charge >= 0.3 is 0 Å². The number of rotatable bonds is 3. The van der Waals surface area contributed by atoms with Crippen molar-refractivity contribution in [2.24, 2.45) is 0 Å². The number of hydrogen-bond donors (Lipinski definition) is 2. The van der Waals surface area contributed by atoms with Crippen LogP contribution in [0.1, 0.15) is 21.5 Å². The largest absolute Gasteiger partial charge is 0.508 e. The highest BCUT2D eigenvalue weighted by Gasteiger charge is 2.08. The molecule has 3 nitrogen and oxygen atoms in total. The van der Waals surface area contributed by atoms with Crippen molar-refractivity contribution in [3.8, 4) is 11.5 Å². The minimum atomic E-state index is 0.0289. The van der Waals surface area contributed by atoms with E-state index in [9.17, 15) is 15.0 Å². The minimum absolute atomic E-state index is 0.0289. The molecule has 2 aromatic carbocycles. The third-order valence-electron chi connectivity index (χ3n) is 2.83. The number of hydrogen-bond acceptors (Lipinski definition) is 4. The Hall–Kier alpha value is -1.94. The molecule has 0 atom stereocenters. The Labute approximate surface area is 115 Å². The van der Waals surface area contributed by atoms with E-state index in [1.165, 1.54) is 11.8 Å². The number of benzene rings is 2. The quantitative estimate of drug-likeness (QED) is 0.838. The molecular weight excluding hydrogens is 260 g/mol. The first-order valence-corrected chi connectivity index (χ1v) is 6.59. The van der Waals surface area contributed by atoms with E-state index in [1.54, 1.807) is 19.1 Å². The van der Waals surface area contributed by atoms with Gasteiger partial charge in [-0.15, -0.1) is 0 Å². The molecular formula is C15H14O3S. The number of aldehydes is 1. The molecule has 0 aromatic heterocycles. The standard InChI is InChI=1S/C15H14O3S/c1-9-5-12(3-4-14(9)17)19-13-6-10(2)15(18)11(7-13)8-16/h3-8,17-18H,1-2H3. The highest BCUT2D eigenvalue weighted by atomic mass is 32.2. The van der Waals surface area contributed by atoms with Gasteiger partial charge in [0, 0.05) is 9.79 Å². The van der Waals surface area contributed by atoms with Crippen molar-refractivity contribution < 1.29 is 15.0 Å². The molecule has 0 fully saturated rings. The van der Waals surface area contributed by atoms with Crippen LogP contribution in [-0.2, 0) is 0 Å². The Kier molecular flexibility index (Phi) is 3.81. The Bertz CT molecular complexity index is 636. The number of aryl methyl sites for hydroxylation is 2. The number of carbonyl (C=O) groups excluding carboxylic acids is 1. The van der Waals surface area contributed by atoms with Crippen molar-refractivity contribution in [3.05, 3.63) is 47.0 Å². The molecule has 0 aliphatic heterocycles. The lowest BCUT2D eigenvalue weighted by Gasteiger charge is -2.08. The summed E-state index contributed by atoms with van der Waals surface area (Å²) >= 11 is 1.48. The summed E-state index contributed by atoms with van der Waals surface area (Å²) in [5, 5.41) is 19.2. The number of aromatic hydroxyl groups is 2. The van der Waals surface area contributed by atoms with E-state index in [1.807, 2.05) is 25.1 Å². The van der Waals surface area contributed by atoms with E-state index in [0.29, 0.717) is 11.8 Å². The summed E-state index contributed by atoms with van der Waals surface area (Å²) < 4.78 is 0. The molecule has 0 bridgehead atoms. The molecule has 0 aliphatic carbocycles. The van der Waals surface area contributed by atoms with Crippen LogP contribution >= 0.6 is 11.8 Å². The lowest BCUT2D eigenvalue weighted by atomic mass is 10.1. The van der Waals surface area contributed by atoms with Crippen LogP contribution in [0.2, 0.25) is 0 Å². The second-order valence-corrected chi connectivity index (χ2v) is 5.49. The van der Waals surface area contributed by atoms with Crippen LogP contribution in [0.5, 0.6) is 11.5 Å². The number of phenols is 2. The van der Waals surface area contributed by atoms with E-state index in [0.717, 1.165) is 15.4 Å². The molecule has 0 spiro atoms. The van der Waals surface area contributed by atoms with Gasteiger partial charge in [0.2, 0.25) is 0 Å². The second kappa shape index (κ2) is 5.36. The first-order valence-electron chi connectivity index (χ1n) is 5.77. The van der Waals surface area contributed by atoms with Crippen molar-refractivity contribution in [1.82, 2.24) is 0 Å². The summed E-state index contributed by atoms with van der Waals surface area (Å²) in [6.07, 6.45) is 0.647. The van der Waals surface area contributed by atoms with E-state index in [-0.39, 0.29) is 17.1 Å². The van der Waals surface area contributed by atoms with Crippen LogP contribution in [0.25, 0.3) is 0 Å². The zero-order valence-corrected chi connectivity index (χ0v) is 11.5. The monoisotopic (exact) mass is 274 g/mol. The van der Waals surface area contributed by atoms with E-state index >= 15 is 0 Å². The second-order valence-electron chi connectivity index (χ2n) is 4.35. The van der Waals surface area contributed by atoms with Gasteiger partial charge in [0.1, 0.15) is 11.5 Å². The topological polar surface area (TPSA) is 57.5 Å². The maximum Gasteiger partial charge on any atom is 0.153 e. The molecule has 2 rings (SSSR count). The lowest BCUT2D eigenvalue weighted by Crippen LogP contribution is -1.87. The molecule has 0 saturated carbocycles. The van der Waals surface area contributed by atoms with Crippen molar-refractivity contribution >= 4 is 18.0 Å². The van der Waals surface area contributed by atoms with Gasteiger partial charge in [0.15, 0.2) is 6.29 Å². The highest BCUT2D eigenvalue weighted by molar-refractivity contribution is 7.99. The number of phenolic OH excluding ortho intramolecular Hbond substituents is 2. The van der Waals surface area contributed by atoms with Gasteiger partial charge in [-0.1, -0.05) is 11.8 Å². The molecule has 0 saturated heterocycles. The van der Waals surface area contributed by atoms with Gasteiger partial charge in [-0.05, 0) is 55.3 Å². The van der Waals surface area contributed by atoms with E-state index in [2.05, 4.69) is 0 Å². The Morgan fingerprint density at radius 3 is 2.32 bits per heavy atom. The Morgan fingerprint density at radius 1 is 1.00 bits per heavy atom. The molecule has 0 amide bonds. The van der Waals surface area contributed by atoms with Gasteiger partial charge in [0.25, 0.3) is 0 Å². The molecule has 0 radical (unpaired) electrons. The van der Waals surface area contributed by atoms with Gasteiger partial charge in [0.05, 0.1) is 5.56 Å². The fourth-order valence-electron chi connectivity index (χ4n) is 1.75. The SMILES string of the molecule is Cc1cc(Sc2cc(C)c(O)c(C=O)c2)ccc1O. The summed E-state index contributed by atoms with van der Waals surface area (Å²) in [4.78, 5) is 12.7. The maximum absolute atomic E-state index is 10.9. The van der Waals surface area contributed by atoms with Crippen LogP contribution < -0.4 is 0 Å². The van der Waals surface area contributed by atoms with Crippen LogP contribution in [0.15, 0.2) is 40.1 Å². The average Bonchev–Trinajstić information content (AvgIpc) is 2.38. The van der Waals surface area contributed by atoms with Crippen molar-refractivity contribution in [2.45, 2.75) is 23.6 Å². The average molecular weight is 274 g/mol. The predicted octanol–water partition coefficient (Wildman–Crippen LogP) is 3.68. The van der Waals surface area contributed by atoms with Gasteiger partial charge in [-0.25, -0.2) is 0 Å². The Morgan fingerprint density at radius 2 is 1.68 bits per heavy atom. The van der Waals surface area contributed by atoms with Crippen LogP contribution in [-0.4, -0.2) is 16.5 Å². The van der Waals surface area contributed by atoms with E-state index in [4.69, 9.17) is 0 Å².